The van der Waals surface area contributed by atoms with Gasteiger partial charge in [0.25, 0.3) is 11.8 Å². The van der Waals surface area contributed by atoms with Gasteiger partial charge in [0, 0.05) is 31.1 Å². The number of aliphatic hydroxyl groups excluding tert-OH is 1. The Balaban J connectivity index is 0.851. The van der Waals surface area contributed by atoms with E-state index in [4.69, 9.17) is 26.4 Å². The number of ketones is 1. The first kappa shape index (κ1) is 49.7. The van der Waals surface area contributed by atoms with E-state index < -0.39 is 58.8 Å². The molecule has 4 heterocycles. The van der Waals surface area contributed by atoms with Crippen LogP contribution < -0.4 is 14.5 Å². The number of β-amino-alcohol motifs (C(OH)–C–C–N with tert-alkyl or cyclic N) is 1. The number of nitriles is 1. The Kier molecular flexibility index (Phi) is 15.0. The molecule has 0 spiro atoms. The first-order valence-corrected chi connectivity index (χ1v) is 23.3. The van der Waals surface area contributed by atoms with Crippen LogP contribution >= 0.6 is 23.6 Å². The summed E-state index contributed by atoms with van der Waals surface area (Å²) >= 11 is 7.19. The molecule has 7 rings (SSSR count). The zero-order valence-corrected chi connectivity index (χ0v) is 39.8. The highest BCUT2D eigenvalue weighted by Gasteiger charge is 2.51. The van der Waals surface area contributed by atoms with E-state index in [0.29, 0.717) is 23.6 Å². The molecular formula is C49H51F3N6O8S2. The minimum Gasteiger partial charge on any atom is -0.493 e. The predicted octanol–water partition coefficient (Wildman–Crippen LogP) is 7.25. The molecule has 3 aliphatic heterocycles. The second kappa shape index (κ2) is 20.6. The molecule has 19 heteroatoms. The quantitative estimate of drug-likeness (QED) is 0.0786. The molecule has 68 heavy (non-hydrogen) atoms. The summed E-state index contributed by atoms with van der Waals surface area (Å²) in [6.07, 6.45) is -3.52. The zero-order valence-electron chi connectivity index (χ0n) is 38.1. The first-order chi connectivity index (χ1) is 32.3. The second-order valence-electron chi connectivity index (χ2n) is 17.6. The molecule has 14 nitrogen and oxygen atoms in total. The van der Waals surface area contributed by atoms with Gasteiger partial charge in [0.05, 0.1) is 70.9 Å². The minimum absolute atomic E-state index is 0.00105. The van der Waals surface area contributed by atoms with Crippen molar-refractivity contribution in [3.63, 3.8) is 0 Å². The van der Waals surface area contributed by atoms with Crippen LogP contribution in [0.15, 0.2) is 84.1 Å². The average Bonchev–Trinajstić information content (AvgIpc) is 4.05. The number of aryl methyl sites for hydroxylation is 2. The van der Waals surface area contributed by atoms with Crippen molar-refractivity contribution in [1.82, 2.24) is 14.8 Å². The van der Waals surface area contributed by atoms with Crippen LogP contribution in [-0.4, -0.2) is 112 Å². The van der Waals surface area contributed by atoms with E-state index in [9.17, 15) is 42.7 Å². The van der Waals surface area contributed by atoms with E-state index in [0.717, 1.165) is 38.7 Å². The largest absolute Gasteiger partial charge is 0.493 e. The van der Waals surface area contributed by atoms with Crippen LogP contribution in [0.3, 0.4) is 0 Å². The summed E-state index contributed by atoms with van der Waals surface area (Å²) in [6.45, 7) is 9.55. The van der Waals surface area contributed by atoms with Crippen LogP contribution in [0.4, 0.5) is 24.5 Å². The van der Waals surface area contributed by atoms with Gasteiger partial charge in [-0.3, -0.25) is 24.1 Å². The van der Waals surface area contributed by atoms with Crippen LogP contribution in [0.2, 0.25) is 0 Å². The molecule has 1 aromatic heterocycles. The van der Waals surface area contributed by atoms with Gasteiger partial charge < -0.3 is 34.0 Å². The Hall–Kier alpha value is -6.20. The van der Waals surface area contributed by atoms with E-state index in [1.54, 1.807) is 54.3 Å². The Bertz CT molecular complexity index is 2630. The number of ether oxygens (including phenoxy) is 3. The lowest BCUT2D eigenvalue weighted by Crippen LogP contribution is -2.54. The van der Waals surface area contributed by atoms with Crippen molar-refractivity contribution in [1.29, 1.82) is 5.26 Å². The fourth-order valence-electron chi connectivity index (χ4n) is 8.68. The van der Waals surface area contributed by atoms with Gasteiger partial charge in [-0.1, -0.05) is 38.1 Å². The number of hydrogen-bond donors (Lipinski definition) is 1. The van der Waals surface area contributed by atoms with Crippen molar-refractivity contribution >= 4 is 63.5 Å². The third-order valence-electron chi connectivity index (χ3n) is 12.1. The molecule has 358 valence electrons. The summed E-state index contributed by atoms with van der Waals surface area (Å²) in [6, 6.07) is 17.5. The number of hydrogen-bond acceptors (Lipinski definition) is 12. The highest BCUT2D eigenvalue weighted by molar-refractivity contribution is 7.81. The van der Waals surface area contributed by atoms with E-state index in [-0.39, 0.29) is 74.9 Å². The number of aliphatic hydroxyl groups is 1. The van der Waals surface area contributed by atoms with E-state index in [1.165, 1.54) is 28.0 Å². The smallest absolute Gasteiger partial charge is 0.417 e. The summed E-state index contributed by atoms with van der Waals surface area (Å²) in [5.41, 5.74) is 2.22. The molecule has 3 aliphatic rings. The monoisotopic (exact) mass is 972 g/mol. The van der Waals surface area contributed by atoms with E-state index >= 15 is 0 Å². The van der Waals surface area contributed by atoms with Crippen LogP contribution in [0.25, 0.3) is 10.4 Å². The number of rotatable bonds is 18. The van der Waals surface area contributed by atoms with Gasteiger partial charge in [0.2, 0.25) is 5.91 Å². The number of likely N-dealkylation sites (tertiary alicyclic amines) is 1. The molecule has 2 fully saturated rings. The maximum Gasteiger partial charge on any atom is 0.417 e. The normalized spacial score (nSPS) is 18.7. The predicted molar refractivity (Wildman–Crippen MR) is 252 cm³/mol. The van der Waals surface area contributed by atoms with Gasteiger partial charge in [0.1, 0.15) is 36.3 Å². The number of aromatic nitrogens is 1. The highest BCUT2D eigenvalue weighted by atomic mass is 32.1. The molecule has 3 atom stereocenters. The van der Waals surface area contributed by atoms with Crippen molar-refractivity contribution in [2.45, 2.75) is 83.8 Å². The SMILES string of the molecule is Cc1ncsc1-c1ccc(CCC(=O)[C@@H]2C[C@@H](O)CN2C(=O)[C@H](C(C)C)N2CC(OCCOCCOc3ccc(N4C(=S)N(c5ccc(C#N)c(C(F)(F)F)c5)C(=O)C4(C)C)cc3)=CC2=O)cc1. The number of carbonyl (C=O) groups excluding carboxylic acids is 4. The van der Waals surface area contributed by atoms with Crippen molar-refractivity contribution in [2.24, 2.45) is 5.92 Å². The molecule has 4 aromatic rings. The lowest BCUT2D eigenvalue weighted by Gasteiger charge is -2.35. The number of amides is 3. The van der Waals surface area contributed by atoms with Gasteiger partial charge in [-0.15, -0.1) is 11.3 Å². The number of thiocarbonyl (C=S) groups is 1. The highest BCUT2D eigenvalue weighted by Crippen LogP contribution is 2.40. The summed E-state index contributed by atoms with van der Waals surface area (Å²) in [7, 11) is 0. The average molecular weight is 973 g/mol. The lowest BCUT2D eigenvalue weighted by atomic mass is 9.98. The molecule has 2 saturated heterocycles. The number of anilines is 2. The summed E-state index contributed by atoms with van der Waals surface area (Å²) in [4.78, 5) is 65.4. The fourth-order valence-corrected chi connectivity index (χ4v) is 10.0. The van der Waals surface area contributed by atoms with E-state index in [1.807, 2.05) is 50.5 Å². The summed E-state index contributed by atoms with van der Waals surface area (Å²) in [5.74, 6) is -0.921. The number of alkyl halides is 3. The van der Waals surface area contributed by atoms with Gasteiger partial charge in [-0.25, -0.2) is 4.98 Å². The molecular weight excluding hydrogens is 922 g/mol. The third-order valence-corrected chi connectivity index (χ3v) is 13.5. The van der Waals surface area contributed by atoms with Gasteiger partial charge >= 0.3 is 6.18 Å². The number of benzene rings is 3. The number of carbonyl (C=O) groups is 4. The fraction of sp³-hybridized carbons (Fsp3) is 0.408. The molecule has 0 bridgehead atoms. The maximum absolute atomic E-state index is 14.2. The third kappa shape index (κ3) is 10.6. The molecule has 1 N–H and O–H groups in total. The van der Waals surface area contributed by atoms with Crippen LogP contribution in [0, 0.1) is 24.2 Å². The number of thiazole rings is 1. The molecule has 3 aromatic carbocycles. The minimum atomic E-state index is -4.81. The Morgan fingerprint density at radius 2 is 1.68 bits per heavy atom. The van der Waals surface area contributed by atoms with Gasteiger partial charge in [-0.05, 0) is 98.9 Å². The van der Waals surface area contributed by atoms with Crippen LogP contribution in [0.5, 0.6) is 5.75 Å². The Labute approximate surface area is 401 Å². The van der Waals surface area contributed by atoms with Crippen LogP contribution in [-0.2, 0) is 41.2 Å². The van der Waals surface area contributed by atoms with Crippen molar-refractivity contribution in [3.8, 4) is 22.3 Å². The van der Waals surface area contributed by atoms with Crippen molar-refractivity contribution < 1.29 is 51.7 Å². The Morgan fingerprint density at radius 3 is 2.31 bits per heavy atom. The summed E-state index contributed by atoms with van der Waals surface area (Å²) < 4.78 is 58.5. The molecule has 0 saturated carbocycles. The van der Waals surface area contributed by atoms with Gasteiger partial charge in [0.15, 0.2) is 10.9 Å². The van der Waals surface area contributed by atoms with Gasteiger partial charge in [-0.2, -0.15) is 18.4 Å². The summed E-state index contributed by atoms with van der Waals surface area (Å²) in [5, 5.41) is 19.8. The molecule has 0 aliphatic carbocycles. The maximum atomic E-state index is 14.2. The standard InChI is InChI=1S/C49H51F3N6O8S2/c1-29(2)43(45(62)55-26-36(59)23-40(55)41(60)17-8-31-6-9-32(10-7-31)44-30(3)54-28-68-44)56-27-38(24-42(56)61)66-21-19-64-18-20-65-37-15-13-34(14-16-37)58-47(67)57(46(63)48(58,4)5)35-12-11-33(25-53)39(22-35)49(50,51)52/h6-7,9-16,22,24,28-29,36,40,43,59H,8,17-21,23,26-27H2,1-5H3/t36-,40+,43+/m1/s1. The number of Topliss-reactive ketones (excluding diaryl/α,β-unsaturated/α-hetero) is 1. The lowest BCUT2D eigenvalue weighted by molar-refractivity contribution is -0.147. The molecule has 0 radical (unpaired) electrons. The molecule has 3 amide bonds. The van der Waals surface area contributed by atoms with E-state index in [2.05, 4.69) is 4.98 Å². The van der Waals surface area contributed by atoms with Crippen LogP contribution in [0.1, 0.15) is 62.9 Å². The Morgan fingerprint density at radius 1 is 1.00 bits per heavy atom. The molecule has 0 unspecified atom stereocenters. The zero-order chi connectivity index (χ0) is 49.1. The van der Waals surface area contributed by atoms with Crippen molar-refractivity contribution in [2.75, 3.05) is 49.3 Å². The number of halogens is 3. The number of nitrogens with zero attached hydrogens (tertiary/aromatic N) is 6. The topological polar surface area (TPSA) is 166 Å². The first-order valence-electron chi connectivity index (χ1n) is 22.1. The van der Waals surface area contributed by atoms with Crippen molar-refractivity contribution in [3.05, 3.63) is 106 Å². The second-order valence-corrected chi connectivity index (χ2v) is 18.8.